The zero-order valence-electron chi connectivity index (χ0n) is 13.5. The number of nitrogens with one attached hydrogen (secondary N) is 1. The van der Waals surface area contributed by atoms with E-state index in [4.69, 9.17) is 0 Å². The van der Waals surface area contributed by atoms with Gasteiger partial charge in [0.25, 0.3) is 5.91 Å². The third-order valence-corrected chi connectivity index (χ3v) is 5.15. The molecule has 122 valence electrons. The molecule has 24 heavy (non-hydrogen) atoms. The molecule has 0 aliphatic carbocycles. The summed E-state index contributed by atoms with van der Waals surface area (Å²) in [5, 5.41) is 0.905. The summed E-state index contributed by atoms with van der Waals surface area (Å²) in [5.41, 5.74) is 3.31. The van der Waals surface area contributed by atoms with E-state index in [1.54, 1.807) is 23.9 Å². The Balaban J connectivity index is 1.79. The molecule has 1 N–H and O–H groups in total. The summed E-state index contributed by atoms with van der Waals surface area (Å²) < 4.78 is 0. The van der Waals surface area contributed by atoms with E-state index < -0.39 is 0 Å². The van der Waals surface area contributed by atoms with Gasteiger partial charge >= 0.3 is 0 Å². The van der Waals surface area contributed by atoms with Gasteiger partial charge in [0, 0.05) is 29.7 Å². The number of pyridine rings is 1. The first-order valence-electron chi connectivity index (χ1n) is 7.83. The van der Waals surface area contributed by atoms with E-state index in [2.05, 4.69) is 19.9 Å². The van der Waals surface area contributed by atoms with Crippen molar-refractivity contribution in [1.82, 2.24) is 24.8 Å². The maximum Gasteiger partial charge on any atom is 0.274 e. The average molecular weight is 339 g/mol. The van der Waals surface area contributed by atoms with E-state index >= 15 is 0 Å². The first-order chi connectivity index (χ1) is 11.6. The molecule has 7 heteroatoms. The molecule has 3 aromatic rings. The van der Waals surface area contributed by atoms with Crippen molar-refractivity contribution in [1.29, 1.82) is 0 Å². The number of fused-ring (bicyclic) bond motifs is 1. The third kappa shape index (κ3) is 2.41. The molecule has 0 unspecified atom stereocenters. The Morgan fingerprint density at radius 3 is 2.92 bits per heavy atom. The lowest BCUT2D eigenvalue weighted by molar-refractivity contribution is 0.0681. The number of thiazole rings is 1. The fourth-order valence-electron chi connectivity index (χ4n) is 3.20. The smallest absolute Gasteiger partial charge is 0.274 e. The molecular formula is C17H17N5OS. The molecule has 1 atom stereocenters. The lowest BCUT2D eigenvalue weighted by Crippen LogP contribution is -2.41. The van der Waals surface area contributed by atoms with Crippen LogP contribution in [0.4, 0.5) is 0 Å². The van der Waals surface area contributed by atoms with Crippen molar-refractivity contribution >= 4 is 17.2 Å². The Morgan fingerprint density at radius 2 is 2.21 bits per heavy atom. The number of hydrogen-bond acceptors (Lipinski definition) is 5. The van der Waals surface area contributed by atoms with E-state index in [0.29, 0.717) is 12.2 Å². The Kier molecular flexibility index (Phi) is 3.65. The van der Waals surface area contributed by atoms with Gasteiger partial charge in [0.15, 0.2) is 0 Å². The molecule has 1 aliphatic heterocycles. The predicted octanol–water partition coefficient (Wildman–Crippen LogP) is 2.67. The highest BCUT2D eigenvalue weighted by atomic mass is 32.1. The second-order valence-corrected chi connectivity index (χ2v) is 7.22. The molecular weight excluding hydrogens is 322 g/mol. The molecule has 4 heterocycles. The van der Waals surface area contributed by atoms with Gasteiger partial charge in [-0.3, -0.25) is 9.78 Å². The fourth-order valence-corrected chi connectivity index (χ4v) is 4.01. The number of aryl methyl sites for hydroxylation is 2. The zero-order valence-corrected chi connectivity index (χ0v) is 14.3. The van der Waals surface area contributed by atoms with Gasteiger partial charge in [-0.05, 0) is 26.0 Å². The minimum absolute atomic E-state index is 0.0545. The molecule has 0 bridgehead atoms. The average Bonchev–Trinajstić information content (AvgIpc) is 3.19. The van der Waals surface area contributed by atoms with E-state index in [9.17, 15) is 4.79 Å². The van der Waals surface area contributed by atoms with Crippen molar-refractivity contribution in [3.8, 4) is 0 Å². The summed E-state index contributed by atoms with van der Waals surface area (Å²) in [4.78, 5) is 32.5. The predicted molar refractivity (Wildman–Crippen MR) is 91.0 cm³/mol. The van der Waals surface area contributed by atoms with Gasteiger partial charge in [0.1, 0.15) is 11.7 Å². The van der Waals surface area contributed by atoms with E-state index in [1.807, 2.05) is 36.9 Å². The number of H-pyrrole nitrogens is 1. The molecule has 0 aromatic carbocycles. The fraction of sp³-hybridized carbons (Fsp3) is 0.294. The monoisotopic (exact) mass is 339 g/mol. The van der Waals surface area contributed by atoms with E-state index in [-0.39, 0.29) is 11.9 Å². The van der Waals surface area contributed by atoms with Gasteiger partial charge < -0.3 is 9.88 Å². The van der Waals surface area contributed by atoms with Crippen molar-refractivity contribution in [3.63, 3.8) is 0 Å². The van der Waals surface area contributed by atoms with Crippen LogP contribution in [0.5, 0.6) is 0 Å². The van der Waals surface area contributed by atoms with Crippen LogP contribution in [0.3, 0.4) is 0 Å². The molecule has 1 aliphatic rings. The molecule has 0 saturated carbocycles. The van der Waals surface area contributed by atoms with Gasteiger partial charge in [0.05, 0.1) is 22.7 Å². The van der Waals surface area contributed by atoms with Gasteiger partial charge in [-0.2, -0.15) is 0 Å². The molecule has 3 aromatic heterocycles. The highest BCUT2D eigenvalue weighted by Crippen LogP contribution is 2.34. The Labute approximate surface area is 143 Å². The van der Waals surface area contributed by atoms with Crippen LogP contribution in [-0.4, -0.2) is 37.3 Å². The maximum absolute atomic E-state index is 13.2. The topological polar surface area (TPSA) is 74.8 Å². The molecule has 0 saturated heterocycles. The highest BCUT2D eigenvalue weighted by molar-refractivity contribution is 7.11. The number of imidazole rings is 1. The van der Waals surface area contributed by atoms with Gasteiger partial charge in [-0.1, -0.05) is 6.07 Å². The van der Waals surface area contributed by atoms with Gasteiger partial charge in [0.2, 0.25) is 0 Å². The molecule has 6 nitrogen and oxygen atoms in total. The number of aromatic amines is 1. The van der Waals surface area contributed by atoms with Crippen LogP contribution < -0.4 is 0 Å². The summed E-state index contributed by atoms with van der Waals surface area (Å²) in [6.45, 7) is 4.48. The first kappa shape index (κ1) is 15.0. The molecule has 4 rings (SSSR count). The standard InChI is InChI=1S/C17H17N5OS/c1-10-14(21-11(2)24-10)17(23)22-8-6-12-15(20-9-19-12)16(22)13-5-3-4-7-18-13/h3-5,7,9,16H,6,8H2,1-2H3,(H,19,20)/t16-/m1/s1. The van der Waals surface area contributed by atoms with Crippen LogP contribution in [0.2, 0.25) is 0 Å². The molecule has 0 spiro atoms. The summed E-state index contributed by atoms with van der Waals surface area (Å²) in [7, 11) is 0. The van der Waals surface area contributed by atoms with Crippen LogP contribution in [0.15, 0.2) is 30.7 Å². The second-order valence-electron chi connectivity index (χ2n) is 5.81. The summed E-state index contributed by atoms with van der Waals surface area (Å²) in [5.74, 6) is -0.0545. The van der Waals surface area contributed by atoms with E-state index in [0.717, 1.165) is 33.4 Å². The van der Waals surface area contributed by atoms with Gasteiger partial charge in [-0.15, -0.1) is 11.3 Å². The van der Waals surface area contributed by atoms with Crippen molar-refractivity contribution in [2.24, 2.45) is 0 Å². The number of nitrogens with zero attached hydrogens (tertiary/aromatic N) is 4. The minimum atomic E-state index is -0.282. The normalized spacial score (nSPS) is 16.9. The Morgan fingerprint density at radius 1 is 1.33 bits per heavy atom. The van der Waals surface area contributed by atoms with E-state index in [1.165, 1.54) is 0 Å². The number of rotatable bonds is 2. The van der Waals surface area contributed by atoms with Crippen LogP contribution >= 0.6 is 11.3 Å². The summed E-state index contributed by atoms with van der Waals surface area (Å²) in [6.07, 6.45) is 4.19. The third-order valence-electron chi connectivity index (χ3n) is 4.26. The second kappa shape index (κ2) is 5.83. The van der Waals surface area contributed by atoms with Crippen LogP contribution in [0.25, 0.3) is 0 Å². The van der Waals surface area contributed by atoms with Gasteiger partial charge in [-0.25, -0.2) is 9.97 Å². The number of amides is 1. The highest BCUT2D eigenvalue weighted by Gasteiger charge is 2.36. The van der Waals surface area contributed by atoms with Crippen molar-refractivity contribution < 1.29 is 4.79 Å². The first-order valence-corrected chi connectivity index (χ1v) is 8.65. The number of carbonyl (C=O) groups is 1. The molecule has 0 radical (unpaired) electrons. The number of hydrogen-bond donors (Lipinski definition) is 1. The van der Waals surface area contributed by atoms with Crippen LogP contribution in [-0.2, 0) is 6.42 Å². The Hall–Kier alpha value is -2.54. The van der Waals surface area contributed by atoms with Crippen LogP contribution in [0.1, 0.15) is 43.5 Å². The van der Waals surface area contributed by atoms with Crippen molar-refractivity contribution in [2.45, 2.75) is 26.3 Å². The maximum atomic E-state index is 13.2. The van der Waals surface area contributed by atoms with Crippen LogP contribution in [0, 0.1) is 13.8 Å². The number of carbonyl (C=O) groups excluding carboxylic acids is 1. The number of aromatic nitrogens is 4. The summed E-state index contributed by atoms with van der Waals surface area (Å²) >= 11 is 1.55. The quantitative estimate of drug-likeness (QED) is 0.779. The zero-order chi connectivity index (χ0) is 16.7. The lowest BCUT2D eigenvalue weighted by atomic mass is 9.98. The molecule has 0 fully saturated rings. The largest absolute Gasteiger partial charge is 0.348 e. The lowest BCUT2D eigenvalue weighted by Gasteiger charge is -2.34. The Bertz CT molecular complexity index is 886. The van der Waals surface area contributed by atoms with Crippen molar-refractivity contribution in [2.75, 3.05) is 6.54 Å². The molecule has 1 amide bonds. The SMILES string of the molecule is Cc1nc(C(=O)N2CCc3[nH]cnc3[C@H]2c2ccccn2)c(C)s1. The van der Waals surface area contributed by atoms with Crippen molar-refractivity contribution in [3.05, 3.63) is 63.4 Å². The minimum Gasteiger partial charge on any atom is -0.348 e. The summed E-state index contributed by atoms with van der Waals surface area (Å²) in [6, 6.07) is 5.46.